The van der Waals surface area contributed by atoms with Crippen LogP contribution in [-0.4, -0.2) is 33.7 Å². The van der Waals surface area contributed by atoms with Crippen molar-refractivity contribution in [1.29, 1.82) is 0 Å². The summed E-state index contributed by atoms with van der Waals surface area (Å²) in [6.45, 7) is 1.68. The fourth-order valence-corrected chi connectivity index (χ4v) is 2.72. The minimum Gasteiger partial charge on any atom is -0.504 e. The lowest BCUT2D eigenvalue weighted by molar-refractivity contribution is -0.146. The molecule has 1 unspecified atom stereocenters. The number of rotatable bonds is 2. The zero-order valence-corrected chi connectivity index (χ0v) is 12.0. The van der Waals surface area contributed by atoms with Crippen molar-refractivity contribution in [2.24, 2.45) is 5.92 Å². The van der Waals surface area contributed by atoms with Gasteiger partial charge in [-0.3, -0.25) is 9.59 Å². The number of ketones is 1. The Labute approximate surface area is 128 Å². The van der Waals surface area contributed by atoms with Crippen LogP contribution < -0.4 is 5.63 Å². The zero-order valence-electron chi connectivity index (χ0n) is 12.0. The molecule has 8 nitrogen and oxygen atoms in total. The van der Waals surface area contributed by atoms with Crippen molar-refractivity contribution in [3.63, 3.8) is 0 Å². The van der Waals surface area contributed by atoms with Crippen LogP contribution in [0, 0.1) is 5.92 Å². The van der Waals surface area contributed by atoms with E-state index in [2.05, 4.69) is 0 Å². The highest BCUT2D eigenvalue weighted by Gasteiger charge is 2.41. The van der Waals surface area contributed by atoms with Gasteiger partial charge >= 0.3 is 11.6 Å². The number of carbonyl (C=O) groups excluding carboxylic acids is 2. The first-order valence-electron chi connectivity index (χ1n) is 6.81. The maximum absolute atomic E-state index is 12.2. The molecular weight excluding hydrogens is 308 g/mol. The summed E-state index contributed by atoms with van der Waals surface area (Å²) in [7, 11) is 0. The van der Waals surface area contributed by atoms with Gasteiger partial charge in [-0.15, -0.1) is 0 Å². The smallest absolute Gasteiger partial charge is 0.344 e. The lowest BCUT2D eigenvalue weighted by Crippen LogP contribution is -2.23. The minimum atomic E-state index is -1.17. The van der Waals surface area contributed by atoms with Gasteiger partial charge in [0.15, 0.2) is 17.3 Å². The Morgan fingerprint density at radius 3 is 2.65 bits per heavy atom. The van der Waals surface area contributed by atoms with E-state index in [0.717, 1.165) is 6.07 Å². The summed E-state index contributed by atoms with van der Waals surface area (Å²) in [5.74, 6) is -5.27. The summed E-state index contributed by atoms with van der Waals surface area (Å²) < 4.78 is 9.75. The molecule has 1 aromatic heterocycles. The lowest BCUT2D eigenvalue weighted by atomic mass is 10.0. The molecule has 1 heterocycles. The second-order valence-corrected chi connectivity index (χ2v) is 5.09. The Morgan fingerprint density at radius 1 is 1.30 bits per heavy atom. The summed E-state index contributed by atoms with van der Waals surface area (Å²) in [6.07, 6.45) is -0.134. The highest BCUT2D eigenvalue weighted by atomic mass is 16.5. The molecule has 0 saturated heterocycles. The average Bonchev–Trinajstić information content (AvgIpc) is 2.82. The molecule has 23 heavy (non-hydrogen) atoms. The van der Waals surface area contributed by atoms with Crippen molar-refractivity contribution in [3.05, 3.63) is 27.8 Å². The Balaban J connectivity index is 2.28. The van der Waals surface area contributed by atoms with Gasteiger partial charge < -0.3 is 24.5 Å². The van der Waals surface area contributed by atoms with Gasteiger partial charge in [-0.1, -0.05) is 0 Å². The maximum Gasteiger partial charge on any atom is 0.344 e. The summed E-state index contributed by atoms with van der Waals surface area (Å²) in [5, 5.41) is 28.8. The fourth-order valence-electron chi connectivity index (χ4n) is 2.72. The normalized spacial score (nSPS) is 16.6. The number of aromatic hydroxyl groups is 3. The van der Waals surface area contributed by atoms with Gasteiger partial charge in [0, 0.05) is 10.9 Å². The molecule has 8 heteroatoms. The Hall–Kier alpha value is -3.03. The first kappa shape index (κ1) is 14.9. The van der Waals surface area contributed by atoms with E-state index in [0.29, 0.717) is 0 Å². The van der Waals surface area contributed by atoms with Gasteiger partial charge in [0.2, 0.25) is 11.5 Å². The van der Waals surface area contributed by atoms with Crippen LogP contribution in [0.2, 0.25) is 0 Å². The van der Waals surface area contributed by atoms with Crippen LogP contribution in [0.25, 0.3) is 10.8 Å². The van der Waals surface area contributed by atoms with Gasteiger partial charge in [0.1, 0.15) is 5.92 Å². The topological polar surface area (TPSA) is 134 Å². The molecule has 1 atom stereocenters. The highest BCUT2D eigenvalue weighted by molar-refractivity contribution is 6.13. The SMILES string of the molecule is CCOC(=O)C1Cc2c(oc(=O)c3cc(O)c(O)c(O)c23)C1=O. The highest BCUT2D eigenvalue weighted by Crippen LogP contribution is 2.44. The van der Waals surface area contributed by atoms with Crippen molar-refractivity contribution in [2.45, 2.75) is 13.3 Å². The summed E-state index contributed by atoms with van der Waals surface area (Å²) in [5.41, 5.74) is -0.849. The zero-order chi connectivity index (χ0) is 16.9. The summed E-state index contributed by atoms with van der Waals surface area (Å²) >= 11 is 0. The van der Waals surface area contributed by atoms with Crippen LogP contribution in [0.3, 0.4) is 0 Å². The van der Waals surface area contributed by atoms with Crippen LogP contribution in [0.5, 0.6) is 17.2 Å². The molecule has 0 fully saturated rings. The number of ether oxygens (including phenoxy) is 1. The predicted octanol–water partition coefficient (Wildman–Crippen LogP) is 0.828. The Kier molecular flexibility index (Phi) is 3.24. The third-order valence-corrected chi connectivity index (χ3v) is 3.76. The number of hydrogen-bond acceptors (Lipinski definition) is 8. The second-order valence-electron chi connectivity index (χ2n) is 5.09. The first-order valence-corrected chi connectivity index (χ1v) is 6.81. The van der Waals surface area contributed by atoms with E-state index in [1.807, 2.05) is 0 Å². The van der Waals surface area contributed by atoms with Crippen molar-refractivity contribution in [2.75, 3.05) is 6.61 Å². The molecular formula is C15H12O8. The molecule has 3 rings (SSSR count). The standard InChI is InChI=1S/C15H12O8/c1-2-22-14(20)7-3-5-9-6(4-8(16)11(18)12(9)19)15(21)23-13(5)10(7)17/h4,7,16,18-19H,2-3H2,1H3. The van der Waals surface area contributed by atoms with E-state index < -0.39 is 40.5 Å². The number of phenols is 3. The fraction of sp³-hybridized carbons (Fsp3) is 0.267. The van der Waals surface area contributed by atoms with E-state index in [-0.39, 0.29) is 35.1 Å². The third kappa shape index (κ3) is 2.02. The molecule has 2 aromatic rings. The van der Waals surface area contributed by atoms with Crippen molar-refractivity contribution in [3.8, 4) is 17.2 Å². The number of esters is 1. The molecule has 0 bridgehead atoms. The first-order chi connectivity index (χ1) is 10.9. The molecule has 0 spiro atoms. The number of benzene rings is 1. The van der Waals surface area contributed by atoms with Crippen LogP contribution >= 0.6 is 0 Å². The molecule has 1 aliphatic carbocycles. The van der Waals surface area contributed by atoms with E-state index in [9.17, 15) is 29.7 Å². The van der Waals surface area contributed by atoms with Crippen molar-refractivity contribution < 1.29 is 34.1 Å². The number of fused-ring (bicyclic) bond motifs is 3. The molecule has 3 N–H and O–H groups in total. The van der Waals surface area contributed by atoms with E-state index >= 15 is 0 Å². The third-order valence-electron chi connectivity index (χ3n) is 3.76. The average molecular weight is 320 g/mol. The number of phenolic OH excluding ortho intramolecular Hbond substituents is 3. The van der Waals surface area contributed by atoms with Gasteiger partial charge in [-0.2, -0.15) is 0 Å². The minimum absolute atomic E-state index is 0.0869. The largest absolute Gasteiger partial charge is 0.504 e. The summed E-state index contributed by atoms with van der Waals surface area (Å²) in [6, 6.07) is 0.929. The summed E-state index contributed by atoms with van der Waals surface area (Å²) in [4.78, 5) is 36.0. The van der Waals surface area contributed by atoms with Crippen LogP contribution in [0.15, 0.2) is 15.3 Å². The molecule has 0 saturated carbocycles. The van der Waals surface area contributed by atoms with Crippen LogP contribution in [0.1, 0.15) is 23.0 Å². The monoisotopic (exact) mass is 320 g/mol. The Bertz CT molecular complexity index is 908. The van der Waals surface area contributed by atoms with Gasteiger partial charge in [-0.05, 0) is 19.4 Å². The maximum atomic E-state index is 12.2. The van der Waals surface area contributed by atoms with E-state index in [1.165, 1.54) is 0 Å². The lowest BCUT2D eigenvalue weighted by Gasteiger charge is -2.08. The molecule has 0 aliphatic heterocycles. The second kappa shape index (κ2) is 5.01. The molecule has 1 aromatic carbocycles. The number of hydrogen-bond donors (Lipinski definition) is 3. The van der Waals surface area contributed by atoms with Crippen LogP contribution in [-0.2, 0) is 16.0 Å². The van der Waals surface area contributed by atoms with Gasteiger partial charge in [-0.25, -0.2) is 4.79 Å². The molecule has 0 radical (unpaired) electrons. The van der Waals surface area contributed by atoms with Crippen molar-refractivity contribution in [1.82, 2.24) is 0 Å². The molecule has 1 aliphatic rings. The van der Waals surface area contributed by atoms with Crippen LogP contribution in [0.4, 0.5) is 0 Å². The predicted molar refractivity (Wildman–Crippen MR) is 75.6 cm³/mol. The van der Waals surface area contributed by atoms with E-state index in [1.54, 1.807) is 6.92 Å². The van der Waals surface area contributed by atoms with Gasteiger partial charge in [0.25, 0.3) is 0 Å². The number of carbonyl (C=O) groups is 2. The van der Waals surface area contributed by atoms with Crippen molar-refractivity contribution >= 4 is 22.5 Å². The molecule has 120 valence electrons. The Morgan fingerprint density at radius 2 is 2.00 bits per heavy atom. The van der Waals surface area contributed by atoms with E-state index in [4.69, 9.17) is 9.15 Å². The van der Waals surface area contributed by atoms with Gasteiger partial charge in [0.05, 0.1) is 12.0 Å². The quantitative estimate of drug-likeness (QED) is 0.421. The molecule has 0 amide bonds. The number of Topliss-reactive ketones (excluding diaryl/α,β-unsaturated/α-hetero) is 1.